The first-order valence-corrected chi connectivity index (χ1v) is 7.44. The Kier molecular flexibility index (Phi) is 4.20. The van der Waals surface area contributed by atoms with Gasteiger partial charge >= 0.3 is 0 Å². The molecule has 0 saturated carbocycles. The zero-order valence-electron chi connectivity index (χ0n) is 13.3. The Morgan fingerprint density at radius 1 is 1.21 bits per heavy atom. The third-order valence-corrected chi connectivity index (χ3v) is 3.65. The van der Waals surface area contributed by atoms with Crippen molar-refractivity contribution in [2.24, 2.45) is 5.10 Å². The van der Waals surface area contributed by atoms with E-state index >= 15 is 0 Å². The number of amides is 1. The quantitative estimate of drug-likeness (QED) is 0.574. The van der Waals surface area contributed by atoms with Gasteiger partial charge in [-0.05, 0) is 37.6 Å². The Bertz CT molecular complexity index is 988. The number of fused-ring (bicyclic) bond motifs is 1. The lowest BCUT2D eigenvalue weighted by Crippen LogP contribution is -2.27. The molecule has 0 fully saturated rings. The number of hydrazone groups is 1. The molecule has 3 aromatic rings. The summed E-state index contributed by atoms with van der Waals surface area (Å²) < 4.78 is 0. The number of carbonyl (C=O) groups is 1. The van der Waals surface area contributed by atoms with Crippen LogP contribution in [-0.2, 0) is 0 Å². The number of benzene rings is 1. The minimum absolute atomic E-state index is 0.00374. The van der Waals surface area contributed by atoms with Crippen LogP contribution in [0.4, 0.5) is 0 Å². The summed E-state index contributed by atoms with van der Waals surface area (Å²) in [4.78, 5) is 30.9. The van der Waals surface area contributed by atoms with Gasteiger partial charge in [0.2, 0.25) is 0 Å². The van der Waals surface area contributed by atoms with Crippen molar-refractivity contribution in [2.45, 2.75) is 13.8 Å². The monoisotopic (exact) mass is 320 g/mol. The molecule has 2 N–H and O–H groups in total. The number of rotatable bonds is 3. The molecule has 1 amide bonds. The van der Waals surface area contributed by atoms with Crippen LogP contribution in [0, 0.1) is 6.92 Å². The van der Waals surface area contributed by atoms with E-state index in [2.05, 4.69) is 20.5 Å². The van der Waals surface area contributed by atoms with Crippen molar-refractivity contribution in [3.63, 3.8) is 0 Å². The second-order valence-corrected chi connectivity index (χ2v) is 5.46. The molecule has 0 aliphatic carbocycles. The van der Waals surface area contributed by atoms with Gasteiger partial charge in [0.1, 0.15) is 11.2 Å². The van der Waals surface area contributed by atoms with Crippen molar-refractivity contribution >= 4 is 22.7 Å². The third kappa shape index (κ3) is 3.22. The van der Waals surface area contributed by atoms with Gasteiger partial charge in [-0.3, -0.25) is 9.59 Å². The van der Waals surface area contributed by atoms with Gasteiger partial charge < -0.3 is 4.98 Å². The van der Waals surface area contributed by atoms with E-state index < -0.39 is 11.5 Å². The molecule has 0 aliphatic heterocycles. The first kappa shape index (κ1) is 15.6. The van der Waals surface area contributed by atoms with Crippen LogP contribution in [0.1, 0.15) is 28.4 Å². The molecule has 0 radical (unpaired) electrons. The highest BCUT2D eigenvalue weighted by atomic mass is 16.2. The number of hydrogen-bond donors (Lipinski definition) is 2. The summed E-state index contributed by atoms with van der Waals surface area (Å²) >= 11 is 0. The second-order valence-electron chi connectivity index (χ2n) is 5.46. The highest BCUT2D eigenvalue weighted by molar-refractivity contribution is 6.01. The number of pyridine rings is 2. The molecule has 0 atom stereocenters. The van der Waals surface area contributed by atoms with Crippen molar-refractivity contribution in [1.82, 2.24) is 15.4 Å². The maximum Gasteiger partial charge on any atom is 0.276 e. The number of carbonyl (C=O) groups excluding carboxylic acids is 1. The van der Waals surface area contributed by atoms with E-state index in [9.17, 15) is 9.59 Å². The smallest absolute Gasteiger partial charge is 0.276 e. The van der Waals surface area contributed by atoms with Crippen LogP contribution < -0.4 is 11.0 Å². The van der Waals surface area contributed by atoms with Crippen LogP contribution in [-0.4, -0.2) is 21.6 Å². The lowest BCUT2D eigenvalue weighted by Gasteiger charge is -2.04. The first-order chi connectivity index (χ1) is 11.5. The molecule has 0 saturated heterocycles. The Morgan fingerprint density at radius 2 is 1.96 bits per heavy atom. The number of hydrogen-bond acceptors (Lipinski definition) is 4. The molecule has 6 nitrogen and oxygen atoms in total. The molecular formula is C18H16N4O2. The second kappa shape index (κ2) is 6.45. The standard InChI is InChI=1S/C18H16N4O2/c1-11-5-7-13(8-6-11)12(2)21-22-18(24)15-10-14-4-3-9-19-16(14)20-17(15)23/h3-10H,1-2H3,(H,22,24)(H,19,20,23)/b21-12+. The van der Waals surface area contributed by atoms with E-state index in [0.29, 0.717) is 16.7 Å². The largest absolute Gasteiger partial charge is 0.306 e. The Morgan fingerprint density at radius 3 is 2.71 bits per heavy atom. The van der Waals surface area contributed by atoms with E-state index in [1.54, 1.807) is 25.3 Å². The fourth-order valence-electron chi connectivity index (χ4n) is 2.26. The van der Waals surface area contributed by atoms with Gasteiger partial charge in [0.05, 0.1) is 5.71 Å². The lowest BCUT2D eigenvalue weighted by molar-refractivity contribution is 0.0953. The van der Waals surface area contributed by atoms with Crippen molar-refractivity contribution in [3.05, 3.63) is 75.7 Å². The summed E-state index contributed by atoms with van der Waals surface area (Å²) in [6, 6.07) is 12.8. The van der Waals surface area contributed by atoms with Crippen LogP contribution in [0.25, 0.3) is 11.0 Å². The van der Waals surface area contributed by atoms with Gasteiger partial charge in [-0.1, -0.05) is 29.8 Å². The van der Waals surface area contributed by atoms with Crippen molar-refractivity contribution in [3.8, 4) is 0 Å². The maximum atomic E-state index is 12.2. The van der Waals surface area contributed by atoms with Crippen molar-refractivity contribution in [1.29, 1.82) is 0 Å². The topological polar surface area (TPSA) is 87.2 Å². The summed E-state index contributed by atoms with van der Waals surface area (Å²) in [5.74, 6) is -0.562. The van der Waals surface area contributed by atoms with Gasteiger partial charge in [0.25, 0.3) is 11.5 Å². The van der Waals surface area contributed by atoms with Crippen LogP contribution >= 0.6 is 0 Å². The lowest BCUT2D eigenvalue weighted by atomic mass is 10.1. The highest BCUT2D eigenvalue weighted by Crippen LogP contribution is 2.08. The van der Waals surface area contributed by atoms with Crippen LogP contribution in [0.15, 0.2) is 58.6 Å². The minimum atomic E-state index is -0.562. The molecule has 24 heavy (non-hydrogen) atoms. The van der Waals surface area contributed by atoms with Crippen LogP contribution in [0.2, 0.25) is 0 Å². The Labute approximate surface area is 138 Å². The summed E-state index contributed by atoms with van der Waals surface area (Å²) in [7, 11) is 0. The van der Waals surface area contributed by atoms with E-state index in [4.69, 9.17) is 0 Å². The number of nitrogens with zero attached hydrogens (tertiary/aromatic N) is 2. The van der Waals surface area contributed by atoms with E-state index in [1.807, 2.05) is 31.2 Å². The summed E-state index contributed by atoms with van der Waals surface area (Å²) in [5, 5.41) is 4.75. The molecule has 6 heteroatoms. The molecule has 3 rings (SSSR count). The van der Waals surface area contributed by atoms with Gasteiger partial charge in [-0.25, -0.2) is 10.4 Å². The molecule has 0 aliphatic rings. The van der Waals surface area contributed by atoms with Gasteiger partial charge in [-0.15, -0.1) is 0 Å². The average molecular weight is 320 g/mol. The fourth-order valence-corrected chi connectivity index (χ4v) is 2.26. The highest BCUT2D eigenvalue weighted by Gasteiger charge is 2.11. The Hall–Kier alpha value is -3.28. The van der Waals surface area contributed by atoms with E-state index in [1.165, 1.54) is 6.07 Å². The molecular weight excluding hydrogens is 304 g/mol. The minimum Gasteiger partial charge on any atom is -0.306 e. The number of aromatic nitrogens is 2. The SMILES string of the molecule is C/C(=N\NC(=O)c1cc2cccnc2[nH]c1=O)c1ccc(C)cc1. The summed E-state index contributed by atoms with van der Waals surface area (Å²) in [6.45, 7) is 3.79. The molecule has 120 valence electrons. The summed E-state index contributed by atoms with van der Waals surface area (Å²) in [6.07, 6.45) is 1.58. The van der Waals surface area contributed by atoms with Gasteiger partial charge in [-0.2, -0.15) is 5.10 Å². The van der Waals surface area contributed by atoms with Crippen LogP contribution in [0.3, 0.4) is 0 Å². The zero-order valence-corrected chi connectivity index (χ0v) is 13.3. The molecule has 2 aromatic heterocycles. The Balaban J connectivity index is 1.84. The van der Waals surface area contributed by atoms with Gasteiger partial charge in [0.15, 0.2) is 0 Å². The van der Waals surface area contributed by atoms with Crippen LogP contribution in [0.5, 0.6) is 0 Å². The maximum absolute atomic E-state index is 12.2. The predicted octanol–water partition coefficient (Wildman–Crippen LogP) is 2.39. The molecule has 0 bridgehead atoms. The predicted molar refractivity (Wildman–Crippen MR) is 93.2 cm³/mol. The van der Waals surface area contributed by atoms with Gasteiger partial charge in [0, 0.05) is 11.6 Å². The number of aryl methyl sites for hydroxylation is 1. The van der Waals surface area contributed by atoms with Crippen molar-refractivity contribution < 1.29 is 4.79 Å². The molecule has 0 spiro atoms. The number of nitrogens with one attached hydrogen (secondary N) is 2. The number of aromatic amines is 1. The summed E-state index contributed by atoms with van der Waals surface area (Å²) in [5.41, 5.74) is 5.07. The third-order valence-electron chi connectivity index (χ3n) is 3.65. The first-order valence-electron chi connectivity index (χ1n) is 7.44. The molecule has 1 aromatic carbocycles. The number of H-pyrrole nitrogens is 1. The zero-order chi connectivity index (χ0) is 17.1. The fraction of sp³-hybridized carbons (Fsp3) is 0.111. The van der Waals surface area contributed by atoms with E-state index in [-0.39, 0.29) is 5.56 Å². The van der Waals surface area contributed by atoms with E-state index in [0.717, 1.165) is 11.1 Å². The molecule has 2 heterocycles. The average Bonchev–Trinajstić information content (AvgIpc) is 2.59. The normalized spacial score (nSPS) is 11.5. The molecule has 0 unspecified atom stereocenters. The van der Waals surface area contributed by atoms with Crippen molar-refractivity contribution in [2.75, 3.05) is 0 Å².